The van der Waals surface area contributed by atoms with Crippen LogP contribution >= 0.6 is 11.6 Å². The zero-order chi connectivity index (χ0) is 27.6. The summed E-state index contributed by atoms with van der Waals surface area (Å²) < 4.78 is 9.40. The number of halogens is 1. The molecule has 0 aliphatic rings. The monoisotopic (exact) mass is 537 g/mol. The van der Waals surface area contributed by atoms with E-state index in [1.165, 1.54) is 11.7 Å². The number of hydrogen-bond donors (Lipinski definition) is 1. The number of methoxy groups -OCH3 is 1. The number of carbonyl (C=O) groups is 1. The lowest BCUT2D eigenvalue weighted by molar-refractivity contribution is -0.151. The molecule has 4 rings (SSSR count). The van der Waals surface area contributed by atoms with Crippen molar-refractivity contribution >= 4 is 40.1 Å². The second-order valence-electron chi connectivity index (χ2n) is 10.4. The Morgan fingerprint density at radius 2 is 1.79 bits per heavy atom. The van der Waals surface area contributed by atoms with Crippen LogP contribution in [0.3, 0.4) is 0 Å². The van der Waals surface area contributed by atoms with Crippen molar-refractivity contribution in [1.29, 1.82) is 0 Å². The largest absolute Gasteiger partial charge is 0.469 e. The highest BCUT2D eigenvalue weighted by molar-refractivity contribution is 6.30. The van der Waals surface area contributed by atoms with Gasteiger partial charge in [0.1, 0.15) is 0 Å². The molecule has 2 aromatic carbocycles. The predicted octanol–water partition coefficient (Wildman–Crippen LogP) is 4.66. The Balaban J connectivity index is 1.77. The quantitative estimate of drug-likeness (QED) is 0.312. The van der Waals surface area contributed by atoms with E-state index < -0.39 is 22.8 Å². The van der Waals surface area contributed by atoms with Crippen LogP contribution in [0.1, 0.15) is 33.3 Å². The normalized spacial score (nSPS) is 11.8. The fourth-order valence-electron chi connectivity index (χ4n) is 4.37. The number of fused-ring (bicyclic) bond motifs is 1. The number of nitrogens with zero attached hydrogens (tertiary/aromatic N) is 4. The highest BCUT2D eigenvalue weighted by Gasteiger charge is 2.31. The van der Waals surface area contributed by atoms with Gasteiger partial charge in [0.25, 0.3) is 0 Å². The molecule has 200 valence electrons. The minimum atomic E-state index is -1.11. The topological polar surface area (TPSA) is 100 Å². The van der Waals surface area contributed by atoms with E-state index in [2.05, 4.69) is 28.7 Å². The van der Waals surface area contributed by atoms with Gasteiger partial charge in [0.15, 0.2) is 0 Å². The number of benzene rings is 2. The minimum Gasteiger partial charge on any atom is -0.469 e. The van der Waals surface area contributed by atoms with E-state index in [0.717, 1.165) is 27.6 Å². The molecule has 0 spiro atoms. The van der Waals surface area contributed by atoms with Gasteiger partial charge in [-0.25, -0.2) is 14.2 Å². The maximum atomic E-state index is 13.6. The first-order valence-electron chi connectivity index (χ1n) is 12.4. The van der Waals surface area contributed by atoms with Crippen LogP contribution in [-0.2, 0) is 29.2 Å². The molecule has 9 nitrogen and oxygen atoms in total. The second-order valence-corrected chi connectivity index (χ2v) is 10.9. The minimum absolute atomic E-state index is 0.100. The van der Waals surface area contributed by atoms with E-state index in [4.69, 9.17) is 16.3 Å². The maximum Gasteiger partial charge on any atom is 0.354 e. The van der Waals surface area contributed by atoms with E-state index in [9.17, 15) is 14.4 Å². The molecule has 0 saturated carbocycles. The molecule has 0 amide bonds. The van der Waals surface area contributed by atoms with Gasteiger partial charge in [-0.3, -0.25) is 9.36 Å². The molecule has 2 heterocycles. The Labute approximate surface area is 225 Å². The summed E-state index contributed by atoms with van der Waals surface area (Å²) >= 11 is 6.04. The van der Waals surface area contributed by atoms with Crippen molar-refractivity contribution in [3.05, 3.63) is 86.3 Å². The molecule has 4 aromatic rings. The first-order chi connectivity index (χ1) is 18.0. The van der Waals surface area contributed by atoms with Crippen molar-refractivity contribution < 1.29 is 9.53 Å². The smallest absolute Gasteiger partial charge is 0.354 e. The number of hydrogen-bond acceptors (Lipinski definition) is 6. The van der Waals surface area contributed by atoms with Crippen molar-refractivity contribution in [3.63, 3.8) is 0 Å². The van der Waals surface area contributed by atoms with Gasteiger partial charge in [-0.2, -0.15) is 4.98 Å². The maximum absolute atomic E-state index is 13.6. The molecule has 0 aliphatic heterocycles. The van der Waals surface area contributed by atoms with Crippen molar-refractivity contribution in [2.75, 3.05) is 12.4 Å². The van der Waals surface area contributed by atoms with Gasteiger partial charge in [-0.1, -0.05) is 37.6 Å². The lowest BCUT2D eigenvalue weighted by atomic mass is 9.94. The summed E-state index contributed by atoms with van der Waals surface area (Å²) in [6.45, 7) is 8.42. The first kappa shape index (κ1) is 27.2. The SMILES string of the molecule is COC(=O)C(C)(C)Cn1c(=O)nc(Nc2ccc3c(ccn3CC(C)C)c2)n(Cc2ccc(Cl)cc2)c1=O. The average Bonchev–Trinajstić information content (AvgIpc) is 3.26. The van der Waals surface area contributed by atoms with Gasteiger partial charge in [0, 0.05) is 40.9 Å². The number of carbonyl (C=O) groups excluding carboxylic acids is 1. The van der Waals surface area contributed by atoms with Crippen LogP contribution in [0.2, 0.25) is 5.02 Å². The van der Waals surface area contributed by atoms with Crippen LogP contribution in [0, 0.1) is 11.3 Å². The van der Waals surface area contributed by atoms with Crippen LogP contribution in [0.5, 0.6) is 0 Å². The van der Waals surface area contributed by atoms with Gasteiger partial charge in [-0.05, 0) is 61.7 Å². The van der Waals surface area contributed by atoms with Crippen LogP contribution in [0.15, 0.2) is 64.3 Å². The number of anilines is 2. The highest BCUT2D eigenvalue weighted by atomic mass is 35.5. The van der Waals surface area contributed by atoms with Crippen LogP contribution in [0.4, 0.5) is 11.6 Å². The fraction of sp³-hybridized carbons (Fsp3) is 0.357. The van der Waals surface area contributed by atoms with Crippen molar-refractivity contribution in [2.45, 2.75) is 47.3 Å². The van der Waals surface area contributed by atoms with E-state index in [1.807, 2.05) is 30.5 Å². The molecular weight excluding hydrogens is 506 g/mol. The summed E-state index contributed by atoms with van der Waals surface area (Å²) in [5.74, 6) is 0.0709. The Morgan fingerprint density at radius 1 is 1.08 bits per heavy atom. The predicted molar refractivity (Wildman–Crippen MR) is 149 cm³/mol. The molecule has 0 atom stereocenters. The van der Waals surface area contributed by atoms with Crippen LogP contribution in [0.25, 0.3) is 10.9 Å². The Bertz CT molecular complexity index is 1580. The molecule has 0 saturated heterocycles. The molecule has 10 heteroatoms. The molecule has 0 radical (unpaired) electrons. The van der Waals surface area contributed by atoms with Crippen molar-refractivity contribution in [3.8, 4) is 0 Å². The Hall–Kier alpha value is -3.85. The summed E-state index contributed by atoms with van der Waals surface area (Å²) in [6.07, 6.45) is 2.05. The zero-order valence-electron chi connectivity index (χ0n) is 22.2. The third-order valence-electron chi connectivity index (χ3n) is 6.28. The van der Waals surface area contributed by atoms with E-state index in [1.54, 1.807) is 38.1 Å². The number of rotatable bonds is 9. The number of aromatic nitrogens is 4. The van der Waals surface area contributed by atoms with Crippen molar-refractivity contribution in [2.24, 2.45) is 11.3 Å². The van der Waals surface area contributed by atoms with Crippen LogP contribution < -0.4 is 16.7 Å². The molecule has 0 aliphatic carbocycles. The number of ether oxygens (including phenoxy) is 1. The number of esters is 1. The van der Waals surface area contributed by atoms with Gasteiger partial charge in [0.05, 0.1) is 19.1 Å². The summed E-state index contributed by atoms with van der Waals surface area (Å²) in [5.41, 5.74) is 0.107. The van der Waals surface area contributed by atoms with Gasteiger partial charge < -0.3 is 14.6 Å². The van der Waals surface area contributed by atoms with E-state index >= 15 is 0 Å². The average molecular weight is 538 g/mol. The van der Waals surface area contributed by atoms with Gasteiger partial charge in [0.2, 0.25) is 5.95 Å². The summed E-state index contributed by atoms with van der Waals surface area (Å²) in [7, 11) is 1.27. The zero-order valence-corrected chi connectivity index (χ0v) is 23.0. The van der Waals surface area contributed by atoms with E-state index in [-0.39, 0.29) is 19.0 Å². The molecular formula is C28H32ClN5O4. The highest BCUT2D eigenvalue weighted by Crippen LogP contribution is 2.24. The second kappa shape index (κ2) is 10.9. The lowest BCUT2D eigenvalue weighted by Gasteiger charge is -2.23. The standard InChI is InChI=1S/C28H32ClN5O4/c1-18(2)15-32-13-12-20-14-22(10-11-23(20)32)30-25-31-26(36)34(17-28(3,4)24(35)38-5)27(37)33(25)16-19-6-8-21(29)9-7-19/h6-14,18H,15-17H2,1-5H3,(H,30,31,36). The molecule has 0 fully saturated rings. The number of nitrogens with one attached hydrogen (secondary N) is 1. The first-order valence-corrected chi connectivity index (χ1v) is 12.8. The molecule has 1 N–H and O–H groups in total. The third-order valence-corrected chi connectivity index (χ3v) is 6.54. The van der Waals surface area contributed by atoms with Crippen molar-refractivity contribution in [1.82, 2.24) is 18.7 Å². The van der Waals surface area contributed by atoms with E-state index in [0.29, 0.717) is 16.6 Å². The molecule has 0 unspecified atom stereocenters. The fourth-order valence-corrected chi connectivity index (χ4v) is 4.50. The third kappa shape index (κ3) is 5.83. The Morgan fingerprint density at radius 3 is 2.45 bits per heavy atom. The molecule has 0 bridgehead atoms. The summed E-state index contributed by atoms with van der Waals surface area (Å²) in [5, 5.41) is 4.76. The van der Waals surface area contributed by atoms with Crippen LogP contribution in [-0.4, -0.2) is 31.8 Å². The van der Waals surface area contributed by atoms with Gasteiger partial charge in [-0.15, -0.1) is 0 Å². The summed E-state index contributed by atoms with van der Waals surface area (Å²) in [6, 6.07) is 14.9. The summed E-state index contributed by atoms with van der Waals surface area (Å²) in [4.78, 5) is 43.1. The Kier molecular flexibility index (Phi) is 7.78. The van der Waals surface area contributed by atoms with Gasteiger partial charge >= 0.3 is 17.3 Å². The molecule has 2 aromatic heterocycles. The molecule has 38 heavy (non-hydrogen) atoms. The lowest BCUT2D eigenvalue weighted by Crippen LogP contribution is -2.46.